The van der Waals surface area contributed by atoms with Crippen LogP contribution in [0.2, 0.25) is 0 Å². The van der Waals surface area contributed by atoms with E-state index in [1.807, 2.05) is 24.3 Å². The van der Waals surface area contributed by atoms with Crippen LogP contribution in [0.5, 0.6) is 5.75 Å². The largest absolute Gasteiger partial charge is 0.497 e. The van der Waals surface area contributed by atoms with Crippen LogP contribution < -0.4 is 10.5 Å². The van der Waals surface area contributed by atoms with Gasteiger partial charge in [-0.15, -0.1) is 0 Å². The molecule has 1 aliphatic rings. The van der Waals surface area contributed by atoms with Crippen molar-refractivity contribution >= 4 is 16.9 Å². The highest BCUT2D eigenvalue weighted by atomic mass is 16.6. The van der Waals surface area contributed by atoms with E-state index in [1.165, 1.54) is 13.3 Å². The Hall–Kier alpha value is -3.16. The number of ether oxygens (including phenoxy) is 2. The second-order valence-electron chi connectivity index (χ2n) is 7.27. The van der Waals surface area contributed by atoms with Crippen LogP contribution >= 0.6 is 0 Å². The van der Waals surface area contributed by atoms with Gasteiger partial charge in [-0.3, -0.25) is 0 Å². The molecule has 3 unspecified atom stereocenters. The van der Waals surface area contributed by atoms with Crippen molar-refractivity contribution in [1.82, 2.24) is 14.5 Å². The van der Waals surface area contributed by atoms with Crippen LogP contribution in [0.4, 0.5) is 5.82 Å². The third-order valence-corrected chi connectivity index (χ3v) is 5.26. The molecular formula is C21H22N4O5. The number of nitrogen functional groups attached to an aromatic ring is 1. The second-order valence-corrected chi connectivity index (χ2v) is 7.27. The molecule has 0 bridgehead atoms. The molecule has 0 aliphatic carbocycles. The van der Waals surface area contributed by atoms with Gasteiger partial charge in [0, 0.05) is 11.8 Å². The minimum absolute atomic E-state index is 0.231. The molecule has 30 heavy (non-hydrogen) atoms. The topological polar surface area (TPSA) is 136 Å². The van der Waals surface area contributed by atoms with Crippen LogP contribution in [-0.4, -0.2) is 61.4 Å². The quantitative estimate of drug-likeness (QED) is 0.456. The third kappa shape index (κ3) is 3.26. The number of nitrogens with zero attached hydrogens (tertiary/aromatic N) is 3. The van der Waals surface area contributed by atoms with E-state index >= 15 is 0 Å². The van der Waals surface area contributed by atoms with Crippen LogP contribution in [0.15, 0.2) is 36.8 Å². The highest BCUT2D eigenvalue weighted by molar-refractivity contribution is 5.92. The normalized spacial score (nSPS) is 25.8. The van der Waals surface area contributed by atoms with Crippen molar-refractivity contribution < 1.29 is 24.8 Å². The summed E-state index contributed by atoms with van der Waals surface area (Å²) in [5.41, 5.74) is 6.13. The molecule has 5 N–H and O–H groups in total. The first-order valence-electron chi connectivity index (χ1n) is 9.30. The number of aliphatic hydroxyl groups is 3. The maximum Gasteiger partial charge on any atom is 0.167 e. The fraction of sp³-hybridized carbons (Fsp3) is 0.333. The zero-order valence-electron chi connectivity index (χ0n) is 16.5. The number of rotatable bonds is 3. The van der Waals surface area contributed by atoms with Crippen molar-refractivity contribution in [2.45, 2.75) is 31.0 Å². The standard InChI is InChI=1S/C21H22N4O5/c1-21(28)17(27)15(10-26)30-20(21)25-9-13(16-18(22)23-11-24-19(16)25)6-3-12-4-7-14(29-2)8-5-12/h4-5,7-9,11,15,17,20,26-28H,10H2,1-2H3,(H2,22,23,24)/t15?,17?,20?,21-/m1/s1. The van der Waals surface area contributed by atoms with E-state index in [1.54, 1.807) is 17.9 Å². The van der Waals surface area contributed by atoms with Gasteiger partial charge in [-0.05, 0) is 31.2 Å². The van der Waals surface area contributed by atoms with E-state index in [0.29, 0.717) is 16.6 Å². The van der Waals surface area contributed by atoms with Crippen molar-refractivity contribution in [3.05, 3.63) is 47.9 Å². The Morgan fingerprint density at radius 2 is 2.00 bits per heavy atom. The molecule has 0 saturated carbocycles. The molecule has 0 spiro atoms. The zero-order chi connectivity index (χ0) is 21.5. The lowest BCUT2D eigenvalue weighted by atomic mass is 9.96. The third-order valence-electron chi connectivity index (χ3n) is 5.26. The van der Waals surface area contributed by atoms with Gasteiger partial charge in [-0.1, -0.05) is 11.8 Å². The van der Waals surface area contributed by atoms with Gasteiger partial charge in [0.05, 0.1) is 24.7 Å². The summed E-state index contributed by atoms with van der Waals surface area (Å²) >= 11 is 0. The van der Waals surface area contributed by atoms with Crippen LogP contribution in [-0.2, 0) is 4.74 Å². The Kier molecular flexibility index (Phi) is 5.09. The van der Waals surface area contributed by atoms with Gasteiger partial charge in [0.25, 0.3) is 0 Å². The summed E-state index contributed by atoms with van der Waals surface area (Å²) in [7, 11) is 1.59. The summed E-state index contributed by atoms with van der Waals surface area (Å²) in [6.45, 7) is 1.01. The van der Waals surface area contributed by atoms with Crippen LogP contribution in [0.25, 0.3) is 11.0 Å². The number of benzene rings is 1. The van der Waals surface area contributed by atoms with E-state index in [4.69, 9.17) is 15.2 Å². The van der Waals surface area contributed by atoms with Crippen LogP contribution in [0.1, 0.15) is 24.3 Å². The minimum atomic E-state index is -1.67. The number of hydrogen-bond donors (Lipinski definition) is 4. The fourth-order valence-corrected chi connectivity index (χ4v) is 3.59. The molecule has 4 atom stereocenters. The molecule has 3 heterocycles. The van der Waals surface area contributed by atoms with Crippen LogP contribution in [0.3, 0.4) is 0 Å². The Morgan fingerprint density at radius 3 is 2.63 bits per heavy atom. The molecule has 4 rings (SSSR count). The van der Waals surface area contributed by atoms with Gasteiger partial charge in [0.15, 0.2) is 6.23 Å². The molecule has 1 aromatic carbocycles. The van der Waals surface area contributed by atoms with Gasteiger partial charge < -0.3 is 35.1 Å². The predicted molar refractivity (Wildman–Crippen MR) is 109 cm³/mol. The van der Waals surface area contributed by atoms with Crippen molar-refractivity contribution in [2.75, 3.05) is 19.5 Å². The van der Waals surface area contributed by atoms with E-state index in [2.05, 4.69) is 21.8 Å². The number of aliphatic hydroxyl groups excluding tert-OH is 2. The Morgan fingerprint density at radius 1 is 1.27 bits per heavy atom. The number of aromatic nitrogens is 3. The number of nitrogens with two attached hydrogens (primary N) is 1. The van der Waals surface area contributed by atoms with Gasteiger partial charge in [-0.25, -0.2) is 9.97 Å². The molecule has 9 heteroatoms. The lowest BCUT2D eigenvalue weighted by Gasteiger charge is -2.27. The Balaban J connectivity index is 1.81. The van der Waals surface area contributed by atoms with Crippen LogP contribution in [0, 0.1) is 11.8 Å². The first-order chi connectivity index (χ1) is 14.4. The summed E-state index contributed by atoms with van der Waals surface area (Å²) in [4.78, 5) is 8.32. The summed E-state index contributed by atoms with van der Waals surface area (Å²) in [5.74, 6) is 7.09. The molecule has 1 fully saturated rings. The number of anilines is 1. The van der Waals surface area contributed by atoms with Gasteiger partial charge in [0.1, 0.15) is 41.4 Å². The average molecular weight is 410 g/mol. The van der Waals surface area contributed by atoms with E-state index < -0.39 is 30.6 Å². The summed E-state index contributed by atoms with van der Waals surface area (Å²) in [5, 5.41) is 31.2. The molecule has 2 aromatic heterocycles. The molecular weight excluding hydrogens is 388 g/mol. The number of methoxy groups -OCH3 is 1. The first-order valence-corrected chi connectivity index (χ1v) is 9.30. The van der Waals surface area contributed by atoms with Crippen molar-refractivity contribution in [3.8, 4) is 17.6 Å². The second kappa shape index (κ2) is 7.59. The van der Waals surface area contributed by atoms with Crippen molar-refractivity contribution in [3.63, 3.8) is 0 Å². The molecule has 1 saturated heterocycles. The van der Waals surface area contributed by atoms with Crippen molar-refractivity contribution in [1.29, 1.82) is 0 Å². The molecule has 1 aliphatic heterocycles. The Bertz CT molecular complexity index is 1130. The summed E-state index contributed by atoms with van der Waals surface area (Å²) in [6.07, 6.45) is -0.262. The van der Waals surface area contributed by atoms with E-state index in [9.17, 15) is 15.3 Å². The summed E-state index contributed by atoms with van der Waals surface area (Å²) in [6, 6.07) is 7.28. The molecule has 9 nitrogen and oxygen atoms in total. The number of hydrogen-bond acceptors (Lipinski definition) is 8. The van der Waals surface area contributed by atoms with Gasteiger partial charge >= 0.3 is 0 Å². The average Bonchev–Trinajstić information content (AvgIpc) is 3.22. The van der Waals surface area contributed by atoms with E-state index in [-0.39, 0.29) is 5.82 Å². The first kappa shape index (κ1) is 20.1. The zero-order valence-corrected chi connectivity index (χ0v) is 16.5. The Labute approximate surface area is 172 Å². The molecule has 156 valence electrons. The van der Waals surface area contributed by atoms with E-state index in [0.717, 1.165) is 11.3 Å². The fourth-order valence-electron chi connectivity index (χ4n) is 3.59. The maximum atomic E-state index is 10.8. The SMILES string of the molecule is COc1ccc(C#Cc2cn(C3OC(CO)C(O)[C@@]3(C)O)c3ncnc(N)c23)cc1. The molecule has 0 amide bonds. The minimum Gasteiger partial charge on any atom is -0.497 e. The smallest absolute Gasteiger partial charge is 0.167 e. The molecule has 0 radical (unpaired) electrons. The maximum absolute atomic E-state index is 10.8. The molecule has 3 aromatic rings. The highest BCUT2D eigenvalue weighted by Crippen LogP contribution is 2.40. The number of fused-ring (bicyclic) bond motifs is 1. The van der Waals surface area contributed by atoms with Gasteiger partial charge in [-0.2, -0.15) is 0 Å². The highest BCUT2D eigenvalue weighted by Gasteiger charge is 2.53. The predicted octanol–water partition coefficient (Wildman–Crippen LogP) is 0.423. The van der Waals surface area contributed by atoms with Gasteiger partial charge in [0.2, 0.25) is 0 Å². The lowest BCUT2D eigenvalue weighted by molar-refractivity contribution is -0.0948. The summed E-state index contributed by atoms with van der Waals surface area (Å²) < 4.78 is 12.4. The monoisotopic (exact) mass is 410 g/mol. The lowest BCUT2D eigenvalue weighted by Crippen LogP contribution is -2.44. The van der Waals surface area contributed by atoms with Crippen molar-refractivity contribution in [2.24, 2.45) is 0 Å².